The number of amides is 2. The predicted molar refractivity (Wildman–Crippen MR) is 124 cm³/mol. The number of carboxylic acid groups (broad SMARTS) is 1. The summed E-state index contributed by atoms with van der Waals surface area (Å²) in [6.45, 7) is 0.118. The number of benzene rings is 3. The normalized spacial score (nSPS) is 13.5. The molecule has 4 rings (SSSR count). The lowest BCUT2D eigenvalue weighted by Gasteiger charge is -2.22. The van der Waals surface area contributed by atoms with E-state index in [9.17, 15) is 19.5 Å². The van der Waals surface area contributed by atoms with Crippen LogP contribution in [0.5, 0.6) is 11.5 Å². The lowest BCUT2D eigenvalue weighted by atomic mass is 10.0. The molecule has 0 saturated heterocycles. The second kappa shape index (κ2) is 10.5. The number of ether oxygens (including phenoxy) is 2. The summed E-state index contributed by atoms with van der Waals surface area (Å²) < 4.78 is 10.7. The number of hydrogen-bond acceptors (Lipinski definition) is 5. The Morgan fingerprint density at radius 3 is 2.12 bits per heavy atom. The van der Waals surface area contributed by atoms with Crippen LogP contribution in [-0.2, 0) is 22.4 Å². The van der Waals surface area contributed by atoms with Crippen molar-refractivity contribution in [2.75, 3.05) is 6.79 Å². The van der Waals surface area contributed by atoms with Crippen LogP contribution in [0.15, 0.2) is 78.9 Å². The van der Waals surface area contributed by atoms with Crippen LogP contribution in [0.4, 0.5) is 0 Å². The van der Waals surface area contributed by atoms with Gasteiger partial charge in [-0.15, -0.1) is 0 Å². The number of rotatable bonds is 9. The minimum atomic E-state index is -1.16. The minimum absolute atomic E-state index is 0.116. The molecule has 174 valence electrons. The summed E-state index contributed by atoms with van der Waals surface area (Å²) in [5, 5.41) is 15.0. The van der Waals surface area contributed by atoms with Gasteiger partial charge in [0.05, 0.1) is 0 Å². The second-order valence-corrected chi connectivity index (χ2v) is 7.87. The monoisotopic (exact) mass is 460 g/mol. The third-order valence-electron chi connectivity index (χ3n) is 5.43. The molecule has 0 aromatic heterocycles. The predicted octanol–water partition coefficient (Wildman–Crippen LogP) is 2.57. The summed E-state index contributed by atoms with van der Waals surface area (Å²) in [6.07, 6.45) is 0.254. The number of hydrogen-bond donors (Lipinski definition) is 3. The van der Waals surface area contributed by atoms with E-state index in [4.69, 9.17) is 9.47 Å². The summed E-state index contributed by atoms with van der Waals surface area (Å²) in [5.41, 5.74) is 1.90. The Balaban J connectivity index is 1.53. The molecule has 2 amide bonds. The highest BCUT2D eigenvalue weighted by molar-refractivity contribution is 5.98. The Morgan fingerprint density at radius 1 is 0.765 bits per heavy atom. The van der Waals surface area contributed by atoms with E-state index < -0.39 is 29.9 Å². The topological polar surface area (TPSA) is 114 Å². The fraction of sp³-hybridized carbons (Fsp3) is 0.192. The number of carboxylic acids is 1. The van der Waals surface area contributed by atoms with Crippen LogP contribution in [0, 0.1) is 0 Å². The highest BCUT2D eigenvalue weighted by Gasteiger charge is 2.28. The molecule has 1 aliphatic rings. The Kier molecular flexibility index (Phi) is 7.07. The van der Waals surface area contributed by atoms with Gasteiger partial charge < -0.3 is 25.2 Å². The maximum Gasteiger partial charge on any atom is 0.326 e. The molecular weight excluding hydrogens is 436 g/mol. The van der Waals surface area contributed by atoms with Crippen molar-refractivity contribution in [3.63, 3.8) is 0 Å². The van der Waals surface area contributed by atoms with Crippen LogP contribution < -0.4 is 20.1 Å². The number of nitrogens with one attached hydrogen (secondary N) is 2. The van der Waals surface area contributed by atoms with Crippen molar-refractivity contribution in [2.45, 2.75) is 24.9 Å². The van der Waals surface area contributed by atoms with Gasteiger partial charge in [-0.25, -0.2) is 4.79 Å². The van der Waals surface area contributed by atoms with Gasteiger partial charge in [0, 0.05) is 18.4 Å². The second-order valence-electron chi connectivity index (χ2n) is 7.87. The minimum Gasteiger partial charge on any atom is -0.480 e. The van der Waals surface area contributed by atoms with Crippen LogP contribution in [0.3, 0.4) is 0 Å². The van der Waals surface area contributed by atoms with E-state index in [1.807, 2.05) is 6.07 Å². The first-order valence-corrected chi connectivity index (χ1v) is 10.8. The zero-order valence-corrected chi connectivity index (χ0v) is 18.3. The zero-order valence-electron chi connectivity index (χ0n) is 18.3. The van der Waals surface area contributed by atoms with Crippen LogP contribution in [0.1, 0.15) is 21.5 Å². The molecule has 8 nitrogen and oxygen atoms in total. The standard InChI is InChI=1S/C26H24N2O6/c29-24(19-9-5-2-6-10-19)27-20(14-18-11-12-22-23(15-18)34-16-33-22)25(30)28-21(26(31)32)13-17-7-3-1-4-8-17/h1-12,15,20-21H,13-14,16H2,(H,27,29)(H,28,30)(H,31,32)/t20-,21+/m1/s1. The number of aliphatic carboxylic acids is 1. The van der Waals surface area contributed by atoms with E-state index in [0.29, 0.717) is 17.1 Å². The molecule has 3 N–H and O–H groups in total. The van der Waals surface area contributed by atoms with Gasteiger partial charge in [0.2, 0.25) is 12.7 Å². The third-order valence-corrected chi connectivity index (χ3v) is 5.43. The fourth-order valence-electron chi connectivity index (χ4n) is 3.67. The first kappa shape index (κ1) is 22.8. The van der Waals surface area contributed by atoms with E-state index in [2.05, 4.69) is 10.6 Å². The molecule has 3 aromatic rings. The van der Waals surface area contributed by atoms with E-state index in [1.54, 1.807) is 72.8 Å². The Bertz CT molecular complexity index is 1170. The first-order valence-electron chi connectivity index (χ1n) is 10.8. The molecule has 0 bridgehead atoms. The highest BCUT2D eigenvalue weighted by Crippen LogP contribution is 2.32. The van der Waals surface area contributed by atoms with E-state index >= 15 is 0 Å². The molecule has 8 heteroatoms. The molecule has 0 unspecified atom stereocenters. The average molecular weight is 460 g/mol. The average Bonchev–Trinajstić information content (AvgIpc) is 3.32. The molecule has 0 saturated carbocycles. The van der Waals surface area contributed by atoms with Crippen LogP contribution in [0.2, 0.25) is 0 Å². The molecule has 3 aromatic carbocycles. The number of fused-ring (bicyclic) bond motifs is 1. The number of carbonyl (C=O) groups excluding carboxylic acids is 2. The molecule has 0 radical (unpaired) electrons. The third kappa shape index (κ3) is 5.72. The molecule has 0 spiro atoms. The van der Waals surface area contributed by atoms with Gasteiger partial charge in [-0.05, 0) is 35.4 Å². The Labute approximate surface area is 196 Å². The summed E-state index contributed by atoms with van der Waals surface area (Å²) in [7, 11) is 0. The molecule has 0 aliphatic carbocycles. The highest BCUT2D eigenvalue weighted by atomic mass is 16.7. The van der Waals surface area contributed by atoms with Crippen molar-refractivity contribution < 1.29 is 29.0 Å². The van der Waals surface area contributed by atoms with Crippen molar-refractivity contribution in [3.8, 4) is 11.5 Å². The van der Waals surface area contributed by atoms with E-state index in [0.717, 1.165) is 11.1 Å². The lowest BCUT2D eigenvalue weighted by molar-refractivity contribution is -0.142. The van der Waals surface area contributed by atoms with Crippen molar-refractivity contribution in [3.05, 3.63) is 95.6 Å². The fourth-order valence-corrected chi connectivity index (χ4v) is 3.67. The van der Waals surface area contributed by atoms with Crippen LogP contribution in [0.25, 0.3) is 0 Å². The number of carbonyl (C=O) groups is 3. The molecule has 1 heterocycles. The summed E-state index contributed by atoms with van der Waals surface area (Å²) in [5.74, 6) is -1.03. The lowest BCUT2D eigenvalue weighted by Crippen LogP contribution is -2.53. The maximum absolute atomic E-state index is 13.2. The zero-order chi connectivity index (χ0) is 23.9. The Morgan fingerprint density at radius 2 is 1.41 bits per heavy atom. The quantitative estimate of drug-likeness (QED) is 0.452. The van der Waals surface area contributed by atoms with Crippen LogP contribution in [-0.4, -0.2) is 41.8 Å². The van der Waals surface area contributed by atoms with Crippen molar-refractivity contribution >= 4 is 17.8 Å². The molecule has 2 atom stereocenters. The van der Waals surface area contributed by atoms with Gasteiger partial charge in [0.1, 0.15) is 12.1 Å². The van der Waals surface area contributed by atoms with Gasteiger partial charge in [-0.2, -0.15) is 0 Å². The van der Waals surface area contributed by atoms with Gasteiger partial charge >= 0.3 is 5.97 Å². The van der Waals surface area contributed by atoms with E-state index in [-0.39, 0.29) is 19.6 Å². The largest absolute Gasteiger partial charge is 0.480 e. The first-order chi connectivity index (χ1) is 16.5. The van der Waals surface area contributed by atoms with Crippen molar-refractivity contribution in [1.29, 1.82) is 0 Å². The smallest absolute Gasteiger partial charge is 0.326 e. The molecule has 1 aliphatic heterocycles. The van der Waals surface area contributed by atoms with Gasteiger partial charge in [0.25, 0.3) is 5.91 Å². The SMILES string of the molecule is O=C(N[C@H](Cc1ccc2c(c1)OCO2)C(=O)N[C@@H](Cc1ccccc1)C(=O)O)c1ccccc1. The summed E-state index contributed by atoms with van der Waals surface area (Å²) in [6, 6.07) is 20.6. The van der Waals surface area contributed by atoms with Crippen molar-refractivity contribution in [2.24, 2.45) is 0 Å². The Hall–Kier alpha value is -4.33. The van der Waals surface area contributed by atoms with E-state index in [1.165, 1.54) is 0 Å². The van der Waals surface area contributed by atoms with Crippen molar-refractivity contribution in [1.82, 2.24) is 10.6 Å². The van der Waals surface area contributed by atoms with Gasteiger partial charge in [-0.3, -0.25) is 9.59 Å². The summed E-state index contributed by atoms with van der Waals surface area (Å²) in [4.78, 5) is 37.9. The van der Waals surface area contributed by atoms with Crippen LogP contribution >= 0.6 is 0 Å². The molecule has 0 fully saturated rings. The molecule has 34 heavy (non-hydrogen) atoms. The van der Waals surface area contributed by atoms with Gasteiger partial charge in [0.15, 0.2) is 11.5 Å². The molecular formula is C26H24N2O6. The maximum atomic E-state index is 13.2. The van der Waals surface area contributed by atoms with Gasteiger partial charge in [-0.1, -0.05) is 54.6 Å². The summed E-state index contributed by atoms with van der Waals surface area (Å²) >= 11 is 0.